The first-order valence-electron chi connectivity index (χ1n) is 12.5. The third-order valence-corrected chi connectivity index (χ3v) is 6.92. The lowest BCUT2D eigenvalue weighted by Gasteiger charge is -2.42. The first-order chi connectivity index (χ1) is 17.7. The van der Waals surface area contributed by atoms with E-state index < -0.39 is 17.8 Å². The fourth-order valence-electron chi connectivity index (χ4n) is 4.86. The minimum Gasteiger partial charge on any atom is -0.463 e. The van der Waals surface area contributed by atoms with Crippen molar-refractivity contribution in [2.45, 2.75) is 32.9 Å². The van der Waals surface area contributed by atoms with E-state index in [0.717, 1.165) is 5.56 Å². The molecular formula is C28H33FN4O4. The summed E-state index contributed by atoms with van der Waals surface area (Å²) in [4.78, 5) is 44.6. The van der Waals surface area contributed by atoms with Crippen LogP contribution in [0.5, 0.6) is 0 Å². The molecular weight excluding hydrogens is 475 g/mol. The fourth-order valence-corrected chi connectivity index (χ4v) is 4.86. The minimum absolute atomic E-state index is 0.0101. The summed E-state index contributed by atoms with van der Waals surface area (Å²) in [5.74, 6) is -0.944. The van der Waals surface area contributed by atoms with E-state index in [1.54, 1.807) is 26.1 Å². The molecule has 2 atom stereocenters. The molecule has 0 saturated carbocycles. The molecule has 0 aliphatic carbocycles. The summed E-state index contributed by atoms with van der Waals surface area (Å²) in [5.41, 5.74) is 3.19. The zero-order chi connectivity index (χ0) is 26.7. The number of aryl methyl sites for hydroxylation is 1. The summed E-state index contributed by atoms with van der Waals surface area (Å²) >= 11 is 0. The normalized spacial score (nSPS) is 20.6. The van der Waals surface area contributed by atoms with Gasteiger partial charge in [-0.05, 0) is 50.6 Å². The van der Waals surface area contributed by atoms with Crippen LogP contribution in [0.2, 0.25) is 0 Å². The van der Waals surface area contributed by atoms with Gasteiger partial charge in [-0.25, -0.2) is 14.0 Å². The van der Waals surface area contributed by atoms with Crippen molar-refractivity contribution < 1.29 is 23.5 Å². The Morgan fingerprint density at radius 3 is 2.38 bits per heavy atom. The number of carbonyl (C=O) groups excluding carboxylic acids is 3. The molecule has 1 fully saturated rings. The van der Waals surface area contributed by atoms with Crippen LogP contribution in [0.1, 0.15) is 41.4 Å². The average molecular weight is 509 g/mol. The lowest BCUT2D eigenvalue weighted by molar-refractivity contribution is -0.139. The molecule has 2 heterocycles. The lowest BCUT2D eigenvalue weighted by Crippen LogP contribution is -2.56. The maximum Gasteiger partial charge on any atom is 0.338 e. The van der Waals surface area contributed by atoms with E-state index >= 15 is 0 Å². The molecule has 1 N–H and O–H groups in total. The topological polar surface area (TPSA) is 82.2 Å². The zero-order valence-electron chi connectivity index (χ0n) is 21.7. The summed E-state index contributed by atoms with van der Waals surface area (Å²) in [5, 5.41) is 2.85. The number of likely N-dealkylation sites (N-methyl/N-ethyl adjacent to an activating group) is 1. The van der Waals surface area contributed by atoms with Crippen molar-refractivity contribution in [3.05, 3.63) is 82.3 Å². The highest BCUT2D eigenvalue weighted by Crippen LogP contribution is 2.32. The zero-order valence-corrected chi connectivity index (χ0v) is 21.7. The number of hydrogen-bond donors (Lipinski definition) is 1. The number of nitrogens with one attached hydrogen (secondary N) is 1. The molecule has 4 rings (SSSR count). The third-order valence-electron chi connectivity index (χ3n) is 6.92. The molecule has 2 unspecified atom stereocenters. The number of ether oxygens (including phenoxy) is 1. The second-order valence-corrected chi connectivity index (χ2v) is 9.52. The van der Waals surface area contributed by atoms with Gasteiger partial charge < -0.3 is 15.0 Å². The Hall–Kier alpha value is -3.72. The Labute approximate surface area is 216 Å². The summed E-state index contributed by atoms with van der Waals surface area (Å²) < 4.78 is 18.9. The number of urea groups is 1. The number of esters is 1. The molecule has 1 saturated heterocycles. The molecule has 8 nitrogen and oxygen atoms in total. The van der Waals surface area contributed by atoms with Crippen molar-refractivity contribution in [1.29, 1.82) is 0 Å². The van der Waals surface area contributed by atoms with Crippen molar-refractivity contribution >= 4 is 17.9 Å². The molecule has 2 aromatic rings. The number of halogens is 1. The Morgan fingerprint density at radius 1 is 1.08 bits per heavy atom. The molecule has 0 bridgehead atoms. The van der Waals surface area contributed by atoms with Gasteiger partial charge >= 0.3 is 12.0 Å². The van der Waals surface area contributed by atoms with Crippen LogP contribution in [0.15, 0.2) is 59.8 Å². The molecule has 2 aliphatic rings. The number of piperazine rings is 1. The molecule has 0 aromatic heterocycles. The number of nitrogens with zero attached hydrogens (tertiary/aromatic N) is 3. The van der Waals surface area contributed by atoms with Gasteiger partial charge in [-0.1, -0.05) is 29.8 Å². The van der Waals surface area contributed by atoms with Gasteiger partial charge in [0.05, 0.1) is 18.2 Å². The monoisotopic (exact) mass is 508 g/mol. The van der Waals surface area contributed by atoms with Crippen molar-refractivity contribution in [3.8, 4) is 0 Å². The van der Waals surface area contributed by atoms with Crippen LogP contribution in [-0.2, 0) is 9.53 Å². The van der Waals surface area contributed by atoms with Crippen LogP contribution in [0, 0.1) is 12.7 Å². The molecule has 0 spiro atoms. The van der Waals surface area contributed by atoms with Crippen LogP contribution in [0.3, 0.4) is 0 Å². The van der Waals surface area contributed by atoms with Gasteiger partial charge in [-0.2, -0.15) is 0 Å². The standard InChI is InChI=1S/C28H33FN4O4/c1-5-37-27(35)24-23(31(4)28(36)30-25(24)20-10-12-22(29)13-11-20)17-32-14-15-33(19(3)16-32)26(34)21-8-6-18(2)7-9-21/h6-13,19,25H,5,14-17H2,1-4H3,(H,30,36). The predicted octanol–water partition coefficient (Wildman–Crippen LogP) is 3.49. The van der Waals surface area contributed by atoms with Crippen molar-refractivity contribution in [2.75, 3.05) is 39.8 Å². The van der Waals surface area contributed by atoms with E-state index in [4.69, 9.17) is 4.74 Å². The van der Waals surface area contributed by atoms with Crippen LogP contribution < -0.4 is 5.32 Å². The van der Waals surface area contributed by atoms with E-state index in [0.29, 0.717) is 48.6 Å². The molecule has 196 valence electrons. The maximum absolute atomic E-state index is 13.6. The van der Waals surface area contributed by atoms with Gasteiger partial charge in [-0.15, -0.1) is 0 Å². The van der Waals surface area contributed by atoms with E-state index in [1.807, 2.05) is 43.0 Å². The van der Waals surface area contributed by atoms with Crippen molar-refractivity contribution in [1.82, 2.24) is 20.0 Å². The van der Waals surface area contributed by atoms with Gasteiger partial charge in [-0.3, -0.25) is 14.6 Å². The SMILES string of the molecule is CCOC(=O)C1=C(CN2CCN(C(=O)c3ccc(C)cc3)C(C)C2)N(C)C(=O)NC1c1ccc(F)cc1. The van der Waals surface area contributed by atoms with E-state index in [-0.39, 0.29) is 24.6 Å². The van der Waals surface area contributed by atoms with Gasteiger partial charge in [0.2, 0.25) is 0 Å². The maximum atomic E-state index is 13.6. The molecule has 2 aliphatic heterocycles. The summed E-state index contributed by atoms with van der Waals surface area (Å²) in [6.45, 7) is 7.89. The highest BCUT2D eigenvalue weighted by atomic mass is 19.1. The second kappa shape index (κ2) is 11.1. The third kappa shape index (κ3) is 5.67. The summed E-state index contributed by atoms with van der Waals surface area (Å²) in [7, 11) is 1.62. The van der Waals surface area contributed by atoms with Gasteiger partial charge in [0.15, 0.2) is 0 Å². The Bertz CT molecular complexity index is 1200. The smallest absolute Gasteiger partial charge is 0.338 e. The molecule has 9 heteroatoms. The van der Waals surface area contributed by atoms with E-state index in [1.165, 1.54) is 17.0 Å². The molecule has 0 radical (unpaired) electrons. The molecule has 2 aromatic carbocycles. The van der Waals surface area contributed by atoms with Crippen molar-refractivity contribution in [2.24, 2.45) is 0 Å². The number of rotatable bonds is 6. The first kappa shape index (κ1) is 26.3. The average Bonchev–Trinajstić information content (AvgIpc) is 2.87. The van der Waals surface area contributed by atoms with E-state index in [9.17, 15) is 18.8 Å². The fraction of sp³-hybridized carbons (Fsp3) is 0.393. The van der Waals surface area contributed by atoms with Crippen LogP contribution >= 0.6 is 0 Å². The van der Waals surface area contributed by atoms with E-state index in [2.05, 4.69) is 10.2 Å². The van der Waals surface area contributed by atoms with Crippen LogP contribution in [-0.4, -0.2) is 78.5 Å². The predicted molar refractivity (Wildman–Crippen MR) is 137 cm³/mol. The molecule has 3 amide bonds. The van der Waals surface area contributed by atoms with Crippen LogP contribution in [0.25, 0.3) is 0 Å². The summed E-state index contributed by atoms with van der Waals surface area (Å²) in [6, 6.07) is 12.1. The highest BCUT2D eigenvalue weighted by Gasteiger charge is 2.38. The number of hydrogen-bond acceptors (Lipinski definition) is 5. The molecule has 37 heavy (non-hydrogen) atoms. The quantitative estimate of drug-likeness (QED) is 0.604. The number of carbonyl (C=O) groups is 3. The summed E-state index contributed by atoms with van der Waals surface area (Å²) in [6.07, 6.45) is 0. The largest absolute Gasteiger partial charge is 0.463 e. The Kier molecular flexibility index (Phi) is 7.92. The number of benzene rings is 2. The van der Waals surface area contributed by atoms with Gasteiger partial charge in [0.1, 0.15) is 5.82 Å². The highest BCUT2D eigenvalue weighted by molar-refractivity contribution is 5.95. The second-order valence-electron chi connectivity index (χ2n) is 9.52. The Balaban J connectivity index is 1.59. The number of amides is 3. The van der Waals surface area contributed by atoms with Crippen molar-refractivity contribution in [3.63, 3.8) is 0 Å². The van der Waals surface area contributed by atoms with Gasteiger partial charge in [0.25, 0.3) is 5.91 Å². The lowest BCUT2D eigenvalue weighted by atomic mass is 9.94. The first-order valence-corrected chi connectivity index (χ1v) is 12.5. The minimum atomic E-state index is -0.764. The van der Waals surface area contributed by atoms with Gasteiger partial charge in [0, 0.05) is 50.5 Å². The Morgan fingerprint density at radius 2 is 1.76 bits per heavy atom. The van der Waals surface area contributed by atoms with Crippen LogP contribution in [0.4, 0.5) is 9.18 Å².